The molecule has 1 atom stereocenters. The van der Waals surface area contributed by atoms with Crippen LogP contribution in [0.4, 0.5) is 17.1 Å². The SMILES string of the molecule is COc1ccc(N([C@@H](C)C(=O)Nc2ccc(N3CCOCC3)cc2)S(C)(=O)=O)cc1Cl. The van der Waals surface area contributed by atoms with Gasteiger partial charge in [-0.2, -0.15) is 0 Å². The van der Waals surface area contributed by atoms with Gasteiger partial charge in [0.15, 0.2) is 0 Å². The molecule has 10 heteroatoms. The number of amides is 1. The summed E-state index contributed by atoms with van der Waals surface area (Å²) in [6, 6.07) is 11.0. The number of halogens is 1. The number of morpholine rings is 1. The number of hydrogen-bond acceptors (Lipinski definition) is 6. The minimum atomic E-state index is -3.76. The lowest BCUT2D eigenvalue weighted by Gasteiger charge is -2.29. The Balaban J connectivity index is 1.76. The largest absolute Gasteiger partial charge is 0.495 e. The maximum atomic E-state index is 12.9. The predicted molar refractivity (Wildman–Crippen MR) is 123 cm³/mol. The number of nitrogens with zero attached hydrogens (tertiary/aromatic N) is 2. The fourth-order valence-electron chi connectivity index (χ4n) is 3.43. The third-order valence-corrected chi connectivity index (χ3v) is 6.53. The Kier molecular flexibility index (Phi) is 7.30. The number of anilines is 3. The van der Waals surface area contributed by atoms with Crippen LogP contribution >= 0.6 is 11.6 Å². The van der Waals surface area contributed by atoms with E-state index in [4.69, 9.17) is 21.1 Å². The molecule has 3 rings (SSSR count). The van der Waals surface area contributed by atoms with Gasteiger partial charge in [0.2, 0.25) is 15.9 Å². The molecular weight excluding hydrogens is 442 g/mol. The molecule has 168 valence electrons. The fraction of sp³-hybridized carbons (Fsp3) is 0.381. The molecule has 0 unspecified atom stereocenters. The maximum absolute atomic E-state index is 12.9. The van der Waals surface area contributed by atoms with Crippen molar-refractivity contribution in [1.82, 2.24) is 0 Å². The number of nitrogens with one attached hydrogen (secondary N) is 1. The summed E-state index contributed by atoms with van der Waals surface area (Å²) in [5.74, 6) is -0.0483. The number of methoxy groups -OCH3 is 1. The highest BCUT2D eigenvalue weighted by molar-refractivity contribution is 7.92. The molecule has 1 saturated heterocycles. The van der Waals surface area contributed by atoms with E-state index in [0.29, 0.717) is 24.7 Å². The number of benzene rings is 2. The quantitative estimate of drug-likeness (QED) is 0.673. The average molecular weight is 468 g/mol. The van der Waals surface area contributed by atoms with Gasteiger partial charge in [0.25, 0.3) is 0 Å². The van der Waals surface area contributed by atoms with Gasteiger partial charge in [-0.1, -0.05) is 11.6 Å². The van der Waals surface area contributed by atoms with Gasteiger partial charge < -0.3 is 19.7 Å². The summed E-state index contributed by atoms with van der Waals surface area (Å²) < 4.78 is 36.5. The van der Waals surface area contributed by atoms with Crippen LogP contribution in [0.25, 0.3) is 0 Å². The number of carbonyl (C=O) groups is 1. The van der Waals surface area contributed by atoms with Crippen LogP contribution in [-0.2, 0) is 19.6 Å². The molecule has 1 aliphatic rings. The lowest BCUT2D eigenvalue weighted by molar-refractivity contribution is -0.116. The van der Waals surface area contributed by atoms with Crippen molar-refractivity contribution in [3.8, 4) is 5.75 Å². The van der Waals surface area contributed by atoms with E-state index < -0.39 is 22.0 Å². The van der Waals surface area contributed by atoms with Crippen LogP contribution in [0.5, 0.6) is 5.75 Å². The molecule has 0 radical (unpaired) electrons. The van der Waals surface area contributed by atoms with Gasteiger partial charge >= 0.3 is 0 Å². The Hall–Kier alpha value is -2.49. The Morgan fingerprint density at radius 1 is 1.19 bits per heavy atom. The van der Waals surface area contributed by atoms with Crippen molar-refractivity contribution in [2.24, 2.45) is 0 Å². The molecule has 1 amide bonds. The summed E-state index contributed by atoms with van der Waals surface area (Å²) >= 11 is 6.16. The van der Waals surface area contributed by atoms with Crippen molar-refractivity contribution >= 4 is 44.6 Å². The highest BCUT2D eigenvalue weighted by Gasteiger charge is 2.29. The van der Waals surface area contributed by atoms with Gasteiger partial charge in [0, 0.05) is 24.5 Å². The summed E-state index contributed by atoms with van der Waals surface area (Å²) in [6.45, 7) is 4.53. The first-order valence-corrected chi connectivity index (χ1v) is 12.0. The Labute approximate surface area is 187 Å². The minimum Gasteiger partial charge on any atom is -0.495 e. The van der Waals surface area contributed by atoms with Gasteiger partial charge in [-0.25, -0.2) is 8.42 Å². The Bertz CT molecular complexity index is 1020. The monoisotopic (exact) mass is 467 g/mol. The first-order chi connectivity index (χ1) is 14.7. The highest BCUT2D eigenvalue weighted by atomic mass is 35.5. The molecule has 1 fully saturated rings. The average Bonchev–Trinajstić information content (AvgIpc) is 2.74. The predicted octanol–water partition coefficient (Wildman–Crippen LogP) is 2.98. The third-order valence-electron chi connectivity index (χ3n) is 4.99. The van der Waals surface area contributed by atoms with E-state index in [2.05, 4.69) is 10.2 Å². The van der Waals surface area contributed by atoms with E-state index in [1.807, 2.05) is 12.1 Å². The van der Waals surface area contributed by atoms with Crippen molar-refractivity contribution < 1.29 is 22.7 Å². The summed E-state index contributed by atoms with van der Waals surface area (Å²) in [6.07, 6.45) is 1.05. The first kappa shape index (κ1) is 23.2. The number of ether oxygens (including phenoxy) is 2. The van der Waals surface area contributed by atoms with Crippen LogP contribution in [0.2, 0.25) is 5.02 Å². The molecule has 0 spiro atoms. The van der Waals surface area contributed by atoms with Gasteiger partial charge in [0.05, 0.1) is 37.3 Å². The second-order valence-electron chi connectivity index (χ2n) is 7.19. The van der Waals surface area contributed by atoms with Crippen molar-refractivity contribution in [2.75, 3.05) is 54.2 Å². The molecule has 31 heavy (non-hydrogen) atoms. The van der Waals surface area contributed by atoms with Crippen LogP contribution in [0.3, 0.4) is 0 Å². The number of carbonyl (C=O) groups excluding carboxylic acids is 1. The fourth-order valence-corrected chi connectivity index (χ4v) is 4.84. The number of rotatable bonds is 7. The van der Waals surface area contributed by atoms with E-state index in [0.717, 1.165) is 29.3 Å². The van der Waals surface area contributed by atoms with Crippen molar-refractivity contribution in [3.63, 3.8) is 0 Å². The maximum Gasteiger partial charge on any atom is 0.247 e. The topological polar surface area (TPSA) is 88.2 Å². The van der Waals surface area contributed by atoms with Crippen LogP contribution in [0.15, 0.2) is 42.5 Å². The van der Waals surface area contributed by atoms with Crippen LogP contribution < -0.4 is 19.3 Å². The minimum absolute atomic E-state index is 0.250. The molecular formula is C21H26ClN3O5S. The van der Waals surface area contributed by atoms with Crippen molar-refractivity contribution in [1.29, 1.82) is 0 Å². The second kappa shape index (κ2) is 9.76. The number of sulfonamides is 1. The molecule has 0 aliphatic carbocycles. The highest BCUT2D eigenvalue weighted by Crippen LogP contribution is 2.31. The molecule has 1 aliphatic heterocycles. The second-order valence-corrected chi connectivity index (χ2v) is 9.46. The summed E-state index contributed by atoms with van der Waals surface area (Å²) in [7, 11) is -2.29. The molecule has 2 aromatic carbocycles. The molecule has 2 aromatic rings. The van der Waals surface area contributed by atoms with E-state index >= 15 is 0 Å². The van der Waals surface area contributed by atoms with Crippen molar-refractivity contribution in [2.45, 2.75) is 13.0 Å². The smallest absolute Gasteiger partial charge is 0.247 e. The Morgan fingerprint density at radius 3 is 2.39 bits per heavy atom. The van der Waals surface area contributed by atoms with Gasteiger partial charge in [-0.3, -0.25) is 9.10 Å². The summed E-state index contributed by atoms with van der Waals surface area (Å²) in [5, 5.41) is 3.04. The lowest BCUT2D eigenvalue weighted by Crippen LogP contribution is -2.45. The lowest BCUT2D eigenvalue weighted by atomic mass is 10.2. The van der Waals surface area contributed by atoms with E-state index in [9.17, 15) is 13.2 Å². The van der Waals surface area contributed by atoms with E-state index in [1.165, 1.54) is 20.1 Å². The van der Waals surface area contributed by atoms with Gasteiger partial charge in [0.1, 0.15) is 11.8 Å². The first-order valence-electron chi connectivity index (χ1n) is 9.77. The van der Waals surface area contributed by atoms with Crippen LogP contribution in [-0.4, -0.2) is 60.0 Å². The van der Waals surface area contributed by atoms with Crippen LogP contribution in [0, 0.1) is 0 Å². The normalized spacial score (nSPS) is 15.3. The van der Waals surface area contributed by atoms with Gasteiger partial charge in [-0.05, 0) is 49.4 Å². The molecule has 1 heterocycles. The molecule has 0 aromatic heterocycles. The zero-order valence-electron chi connectivity index (χ0n) is 17.7. The number of hydrogen-bond donors (Lipinski definition) is 1. The zero-order valence-corrected chi connectivity index (χ0v) is 19.2. The standard InChI is InChI=1S/C21H26ClN3O5S/c1-15(25(31(3,27)28)18-8-9-20(29-2)19(22)14-18)21(26)23-16-4-6-17(7-5-16)24-10-12-30-13-11-24/h4-9,14-15H,10-13H2,1-3H3,(H,23,26)/t15-/m0/s1. The molecule has 0 saturated carbocycles. The summed E-state index contributed by atoms with van der Waals surface area (Å²) in [5.41, 5.74) is 1.90. The molecule has 1 N–H and O–H groups in total. The van der Waals surface area contributed by atoms with Crippen LogP contribution in [0.1, 0.15) is 6.92 Å². The molecule has 8 nitrogen and oxygen atoms in total. The Morgan fingerprint density at radius 2 is 1.84 bits per heavy atom. The van der Waals surface area contributed by atoms with E-state index in [1.54, 1.807) is 24.3 Å². The van der Waals surface area contributed by atoms with E-state index in [-0.39, 0.29) is 10.7 Å². The van der Waals surface area contributed by atoms with Crippen molar-refractivity contribution in [3.05, 3.63) is 47.5 Å². The third kappa shape index (κ3) is 5.61. The van der Waals surface area contributed by atoms with Gasteiger partial charge in [-0.15, -0.1) is 0 Å². The zero-order chi connectivity index (χ0) is 22.6. The summed E-state index contributed by atoms with van der Waals surface area (Å²) in [4.78, 5) is 15.1. The molecule has 0 bridgehead atoms.